The lowest BCUT2D eigenvalue weighted by atomic mass is 10.5. The fraction of sp³-hybridized carbons (Fsp3) is 0.455. The van der Waals surface area contributed by atoms with E-state index in [2.05, 4.69) is 4.98 Å². The minimum absolute atomic E-state index is 0.101. The van der Waals surface area contributed by atoms with E-state index in [0.29, 0.717) is 0 Å². The fourth-order valence-electron chi connectivity index (χ4n) is 1.74. The number of fused-ring (bicyclic) bond motifs is 1. The average molecular weight is 266 g/mol. The van der Waals surface area contributed by atoms with Crippen molar-refractivity contribution in [1.29, 1.82) is 0 Å². The summed E-state index contributed by atoms with van der Waals surface area (Å²) in [5.41, 5.74) is -0.425. The maximum Gasteiger partial charge on any atom is 0.332 e. The summed E-state index contributed by atoms with van der Waals surface area (Å²) in [6, 6.07) is 0. The Labute approximate surface area is 107 Å². The summed E-state index contributed by atoms with van der Waals surface area (Å²) in [7, 11) is 2.92. The zero-order valence-corrected chi connectivity index (χ0v) is 10.9. The van der Waals surface area contributed by atoms with Crippen molar-refractivity contribution in [2.24, 2.45) is 14.1 Å². The van der Waals surface area contributed by atoms with Crippen molar-refractivity contribution >= 4 is 17.1 Å². The molecule has 0 radical (unpaired) electrons. The van der Waals surface area contributed by atoms with E-state index in [4.69, 9.17) is 4.74 Å². The van der Waals surface area contributed by atoms with Crippen LogP contribution < -0.4 is 11.2 Å². The van der Waals surface area contributed by atoms with Crippen LogP contribution in [0.4, 0.5) is 0 Å². The molecule has 0 spiro atoms. The molecule has 2 heterocycles. The second-order valence-electron chi connectivity index (χ2n) is 4.09. The normalized spacial score (nSPS) is 10.9. The van der Waals surface area contributed by atoms with Crippen molar-refractivity contribution in [2.45, 2.75) is 20.1 Å². The lowest BCUT2D eigenvalue weighted by Crippen LogP contribution is -2.37. The molecule has 0 atom stereocenters. The molecule has 0 amide bonds. The van der Waals surface area contributed by atoms with Crippen molar-refractivity contribution < 1.29 is 9.53 Å². The molecule has 0 bridgehead atoms. The maximum atomic E-state index is 12.0. The number of ether oxygens (including phenoxy) is 1. The van der Waals surface area contributed by atoms with Crippen molar-refractivity contribution in [1.82, 2.24) is 18.7 Å². The first-order chi connectivity index (χ1) is 8.97. The van der Waals surface area contributed by atoms with Crippen LogP contribution in [0.2, 0.25) is 0 Å². The number of carbonyl (C=O) groups excluding carboxylic acids is 1. The molecule has 0 saturated heterocycles. The van der Waals surface area contributed by atoms with Gasteiger partial charge < -0.3 is 4.74 Å². The van der Waals surface area contributed by atoms with Gasteiger partial charge in [0.05, 0.1) is 0 Å². The van der Waals surface area contributed by atoms with Crippen molar-refractivity contribution in [3.63, 3.8) is 0 Å². The van der Waals surface area contributed by atoms with Gasteiger partial charge in [-0.15, -0.1) is 0 Å². The smallest absolute Gasteiger partial charge is 0.332 e. The van der Waals surface area contributed by atoms with Crippen LogP contribution in [0, 0.1) is 0 Å². The third-order valence-corrected chi connectivity index (χ3v) is 2.87. The SMILES string of the molecule is CCC(=O)OCn1cnc2c1c(=O)n(C)c(=O)n2C. The molecule has 102 valence electrons. The highest BCUT2D eigenvalue weighted by atomic mass is 16.5. The van der Waals surface area contributed by atoms with E-state index in [1.54, 1.807) is 6.92 Å². The number of imidazole rings is 1. The molecule has 0 unspecified atom stereocenters. The molecular weight excluding hydrogens is 252 g/mol. The second kappa shape index (κ2) is 4.71. The first kappa shape index (κ1) is 13.1. The largest absolute Gasteiger partial charge is 0.444 e. The Morgan fingerprint density at radius 1 is 1.32 bits per heavy atom. The molecule has 0 aromatic carbocycles. The first-order valence-corrected chi connectivity index (χ1v) is 5.73. The number of hydrogen-bond donors (Lipinski definition) is 0. The summed E-state index contributed by atoms with van der Waals surface area (Å²) in [4.78, 5) is 38.9. The van der Waals surface area contributed by atoms with Gasteiger partial charge in [0.15, 0.2) is 17.9 Å². The van der Waals surface area contributed by atoms with Crippen LogP contribution >= 0.6 is 0 Å². The van der Waals surface area contributed by atoms with Gasteiger partial charge in [-0.05, 0) is 0 Å². The number of aryl methyl sites for hydroxylation is 1. The molecule has 0 fully saturated rings. The number of carbonyl (C=O) groups is 1. The molecule has 0 aliphatic carbocycles. The van der Waals surface area contributed by atoms with E-state index in [0.717, 1.165) is 4.57 Å². The standard InChI is InChI=1S/C11H14N4O4/c1-4-7(16)19-6-15-5-12-9-8(15)10(17)14(3)11(18)13(9)2/h5H,4,6H2,1-3H3. The van der Waals surface area contributed by atoms with Crippen LogP contribution in [-0.4, -0.2) is 24.7 Å². The second-order valence-corrected chi connectivity index (χ2v) is 4.09. The Morgan fingerprint density at radius 3 is 2.63 bits per heavy atom. The Hall–Kier alpha value is -2.38. The van der Waals surface area contributed by atoms with Gasteiger partial charge in [0.1, 0.15) is 6.33 Å². The molecule has 2 rings (SSSR count). The Balaban J connectivity index is 2.57. The number of aromatic nitrogens is 4. The topological polar surface area (TPSA) is 88.1 Å². The quantitative estimate of drug-likeness (QED) is 0.688. The Kier molecular flexibility index (Phi) is 3.24. The Morgan fingerprint density at radius 2 is 2.00 bits per heavy atom. The number of nitrogens with zero attached hydrogens (tertiary/aromatic N) is 4. The van der Waals surface area contributed by atoms with Crippen LogP contribution in [0.25, 0.3) is 11.2 Å². The van der Waals surface area contributed by atoms with Gasteiger partial charge in [-0.25, -0.2) is 9.78 Å². The molecule has 0 N–H and O–H groups in total. The molecule has 0 saturated carbocycles. The van der Waals surface area contributed by atoms with Gasteiger partial charge in [-0.1, -0.05) is 6.92 Å². The van der Waals surface area contributed by atoms with E-state index < -0.39 is 11.2 Å². The van der Waals surface area contributed by atoms with Crippen molar-refractivity contribution in [2.75, 3.05) is 0 Å². The summed E-state index contributed by atoms with van der Waals surface area (Å²) in [6.45, 7) is 1.58. The molecule has 2 aromatic heterocycles. The monoisotopic (exact) mass is 266 g/mol. The third kappa shape index (κ3) is 2.05. The van der Waals surface area contributed by atoms with Crippen LogP contribution in [0.3, 0.4) is 0 Å². The minimum Gasteiger partial charge on any atom is -0.444 e. The molecule has 0 aliphatic heterocycles. The van der Waals surface area contributed by atoms with Crippen molar-refractivity contribution in [3.8, 4) is 0 Å². The van der Waals surface area contributed by atoms with E-state index in [1.807, 2.05) is 0 Å². The zero-order valence-electron chi connectivity index (χ0n) is 10.9. The van der Waals surface area contributed by atoms with Crippen molar-refractivity contribution in [3.05, 3.63) is 27.2 Å². The number of esters is 1. The van der Waals surface area contributed by atoms with Crippen LogP contribution in [0.1, 0.15) is 13.3 Å². The zero-order chi connectivity index (χ0) is 14.2. The van der Waals surface area contributed by atoms with Gasteiger partial charge in [-0.2, -0.15) is 0 Å². The summed E-state index contributed by atoms with van der Waals surface area (Å²) in [5.74, 6) is -0.372. The molecular formula is C11H14N4O4. The van der Waals surface area contributed by atoms with Crippen LogP contribution in [-0.2, 0) is 30.4 Å². The molecule has 8 heteroatoms. The summed E-state index contributed by atoms with van der Waals surface area (Å²) in [6.07, 6.45) is 1.62. The number of hydrogen-bond acceptors (Lipinski definition) is 5. The fourth-order valence-corrected chi connectivity index (χ4v) is 1.74. The van der Waals surface area contributed by atoms with Crippen LogP contribution in [0.15, 0.2) is 15.9 Å². The molecule has 19 heavy (non-hydrogen) atoms. The lowest BCUT2D eigenvalue weighted by molar-refractivity contribution is -0.146. The van der Waals surface area contributed by atoms with E-state index in [1.165, 1.54) is 29.6 Å². The highest BCUT2D eigenvalue weighted by Gasteiger charge is 2.14. The van der Waals surface area contributed by atoms with E-state index in [9.17, 15) is 14.4 Å². The average Bonchev–Trinajstić information content (AvgIpc) is 2.84. The predicted octanol–water partition coefficient (Wildman–Crippen LogP) is -0.656. The third-order valence-electron chi connectivity index (χ3n) is 2.87. The van der Waals surface area contributed by atoms with Gasteiger partial charge in [0, 0.05) is 20.5 Å². The highest BCUT2D eigenvalue weighted by molar-refractivity contribution is 5.71. The maximum absolute atomic E-state index is 12.0. The lowest BCUT2D eigenvalue weighted by Gasteiger charge is -2.07. The van der Waals surface area contributed by atoms with Gasteiger partial charge in [0.25, 0.3) is 5.56 Å². The molecule has 0 aliphatic rings. The first-order valence-electron chi connectivity index (χ1n) is 5.73. The van der Waals surface area contributed by atoms with Gasteiger partial charge in [0.2, 0.25) is 0 Å². The van der Waals surface area contributed by atoms with Gasteiger partial charge in [-0.3, -0.25) is 23.3 Å². The predicted molar refractivity (Wildman–Crippen MR) is 66.6 cm³/mol. The summed E-state index contributed by atoms with van der Waals surface area (Å²) >= 11 is 0. The van der Waals surface area contributed by atoms with E-state index >= 15 is 0 Å². The van der Waals surface area contributed by atoms with E-state index in [-0.39, 0.29) is 30.3 Å². The summed E-state index contributed by atoms with van der Waals surface area (Å²) < 4.78 is 8.63. The minimum atomic E-state index is -0.469. The molecule has 8 nitrogen and oxygen atoms in total. The number of rotatable bonds is 3. The van der Waals surface area contributed by atoms with Crippen LogP contribution in [0.5, 0.6) is 0 Å². The highest BCUT2D eigenvalue weighted by Crippen LogP contribution is 2.05. The Bertz CT molecular complexity index is 752. The molecule has 2 aromatic rings. The van der Waals surface area contributed by atoms with Gasteiger partial charge >= 0.3 is 11.7 Å². The summed E-state index contributed by atoms with van der Waals surface area (Å²) in [5, 5.41) is 0.